The zero-order valence-electron chi connectivity index (χ0n) is 20.9. The van der Waals surface area contributed by atoms with Crippen LogP contribution in [0.3, 0.4) is 0 Å². The molecule has 2 aromatic heterocycles. The highest BCUT2D eigenvalue weighted by atomic mass is 35.5. The lowest BCUT2D eigenvalue weighted by molar-refractivity contribution is 0.568. The average molecular weight is 577 g/mol. The lowest BCUT2D eigenvalue weighted by Crippen LogP contribution is -2.24. The van der Waals surface area contributed by atoms with E-state index in [4.69, 9.17) is 11.6 Å². The molecule has 0 bridgehead atoms. The van der Waals surface area contributed by atoms with E-state index >= 15 is 8.78 Å². The van der Waals surface area contributed by atoms with Crippen molar-refractivity contribution in [1.82, 2.24) is 9.55 Å². The first-order chi connectivity index (χ1) is 18.3. The molecule has 5 nitrogen and oxygen atoms in total. The van der Waals surface area contributed by atoms with Crippen LogP contribution in [0.1, 0.15) is 40.6 Å². The van der Waals surface area contributed by atoms with Gasteiger partial charge in [-0.15, -0.1) is 0 Å². The van der Waals surface area contributed by atoms with Crippen LogP contribution >= 0.6 is 11.6 Å². The van der Waals surface area contributed by atoms with Crippen molar-refractivity contribution in [1.29, 1.82) is 0 Å². The summed E-state index contributed by atoms with van der Waals surface area (Å²) in [6, 6.07) is 8.48. The lowest BCUT2D eigenvalue weighted by atomic mass is 10.0. The van der Waals surface area contributed by atoms with Gasteiger partial charge in [0.05, 0.1) is 5.69 Å². The molecule has 1 aliphatic rings. The third-order valence-electron chi connectivity index (χ3n) is 6.93. The molecule has 0 N–H and O–H groups in total. The third kappa shape index (κ3) is 4.65. The molecule has 1 fully saturated rings. The summed E-state index contributed by atoms with van der Waals surface area (Å²) in [4.78, 5) is 16.9. The fourth-order valence-electron chi connectivity index (χ4n) is 4.97. The van der Waals surface area contributed by atoms with E-state index in [1.807, 2.05) is 0 Å². The number of rotatable bonds is 5. The molecule has 0 amide bonds. The number of sulfone groups is 1. The van der Waals surface area contributed by atoms with Crippen LogP contribution in [-0.2, 0) is 9.84 Å². The second kappa shape index (κ2) is 9.60. The molecule has 1 unspecified atom stereocenters. The molecular formula is C28H21ClF4N2O3S. The minimum absolute atomic E-state index is 0.182. The van der Waals surface area contributed by atoms with Crippen molar-refractivity contribution in [3.05, 3.63) is 110 Å². The van der Waals surface area contributed by atoms with E-state index < -0.39 is 49.3 Å². The van der Waals surface area contributed by atoms with Crippen molar-refractivity contribution >= 4 is 21.4 Å². The van der Waals surface area contributed by atoms with Crippen LogP contribution in [0.25, 0.3) is 16.9 Å². The number of nitrogens with zero attached hydrogens (tertiary/aromatic N) is 2. The Balaban J connectivity index is 1.62. The standard InChI is InChI=1S/C28H21ClF4N2O3S/c1-13-12-34-26(17-5-4-6-22(24(17)32)39(3,37)38)25(33)27(13)35-14(2)9-20(23(29)28(35)36)19-11-18(19)16-8-7-15(30)10-21(16)31/h4-10,12,18-19H,11H2,1-3H3/t18?,19-/m1/s1. The zero-order chi connectivity index (χ0) is 28.4. The van der Waals surface area contributed by atoms with Crippen molar-refractivity contribution in [3.8, 4) is 16.9 Å². The number of hydrogen-bond donors (Lipinski definition) is 0. The van der Waals surface area contributed by atoms with Crippen molar-refractivity contribution in [2.45, 2.75) is 37.0 Å². The number of benzene rings is 2. The Morgan fingerprint density at radius 1 is 0.974 bits per heavy atom. The predicted octanol–water partition coefficient (Wildman–Crippen LogP) is 6.40. The number of aromatic nitrogens is 2. The normalized spacial score (nSPS) is 16.9. The Bertz CT molecular complexity index is 1840. The predicted molar refractivity (Wildman–Crippen MR) is 139 cm³/mol. The van der Waals surface area contributed by atoms with Crippen LogP contribution < -0.4 is 5.56 Å². The summed E-state index contributed by atoms with van der Waals surface area (Å²) in [5.41, 5.74) is -0.455. The van der Waals surface area contributed by atoms with Gasteiger partial charge in [0, 0.05) is 29.8 Å². The first-order valence-electron chi connectivity index (χ1n) is 11.8. The summed E-state index contributed by atoms with van der Waals surface area (Å²) in [6.45, 7) is 3.08. The fourth-order valence-corrected chi connectivity index (χ4v) is 6.01. The van der Waals surface area contributed by atoms with Gasteiger partial charge in [-0.1, -0.05) is 23.7 Å². The molecule has 11 heteroatoms. The van der Waals surface area contributed by atoms with Crippen molar-refractivity contribution < 1.29 is 26.0 Å². The molecule has 5 rings (SSSR count). The Morgan fingerprint density at radius 2 is 1.67 bits per heavy atom. The highest BCUT2D eigenvalue weighted by Gasteiger charge is 2.43. The molecule has 39 heavy (non-hydrogen) atoms. The summed E-state index contributed by atoms with van der Waals surface area (Å²) in [5, 5.41) is -0.182. The van der Waals surface area contributed by atoms with Crippen LogP contribution in [0, 0.1) is 37.1 Å². The smallest absolute Gasteiger partial charge is 0.274 e. The highest BCUT2D eigenvalue weighted by Crippen LogP contribution is 2.56. The van der Waals surface area contributed by atoms with Crippen molar-refractivity contribution in [3.63, 3.8) is 0 Å². The summed E-state index contributed by atoms with van der Waals surface area (Å²) >= 11 is 6.48. The fraction of sp³-hybridized carbons (Fsp3) is 0.214. The van der Waals surface area contributed by atoms with Gasteiger partial charge in [0.2, 0.25) is 0 Å². The molecule has 0 spiro atoms. The summed E-state index contributed by atoms with van der Waals surface area (Å²) in [7, 11) is -3.94. The van der Waals surface area contributed by atoms with Gasteiger partial charge in [-0.2, -0.15) is 0 Å². The molecule has 1 aliphatic carbocycles. The first kappa shape index (κ1) is 27.1. The maximum absolute atomic E-state index is 16.0. The molecule has 4 aromatic rings. The van der Waals surface area contributed by atoms with Gasteiger partial charge in [0.1, 0.15) is 27.2 Å². The maximum atomic E-state index is 16.0. The molecule has 2 atom stereocenters. The molecule has 1 saturated carbocycles. The molecule has 0 radical (unpaired) electrons. The number of hydrogen-bond acceptors (Lipinski definition) is 4. The van der Waals surface area contributed by atoms with E-state index in [9.17, 15) is 22.0 Å². The van der Waals surface area contributed by atoms with Crippen LogP contribution in [0.15, 0.2) is 58.4 Å². The van der Waals surface area contributed by atoms with Crippen molar-refractivity contribution in [2.24, 2.45) is 0 Å². The van der Waals surface area contributed by atoms with Gasteiger partial charge >= 0.3 is 0 Å². The quantitative estimate of drug-likeness (QED) is 0.258. The van der Waals surface area contributed by atoms with Gasteiger partial charge < -0.3 is 0 Å². The topological polar surface area (TPSA) is 69.0 Å². The average Bonchev–Trinajstić information content (AvgIpc) is 3.63. The summed E-state index contributed by atoms with van der Waals surface area (Å²) in [5.74, 6) is -4.16. The molecule has 0 aliphatic heterocycles. The molecule has 0 saturated heterocycles. The Labute approximate surface area is 226 Å². The van der Waals surface area contributed by atoms with Gasteiger partial charge in [-0.05, 0) is 73.1 Å². The lowest BCUT2D eigenvalue weighted by Gasteiger charge is -2.18. The van der Waals surface area contributed by atoms with Gasteiger partial charge in [0.15, 0.2) is 21.5 Å². The van der Waals surface area contributed by atoms with Gasteiger partial charge in [0.25, 0.3) is 5.56 Å². The molecule has 2 aromatic carbocycles. The first-order valence-corrected chi connectivity index (χ1v) is 14.1. The van der Waals surface area contributed by atoms with Crippen LogP contribution in [-0.4, -0.2) is 24.2 Å². The van der Waals surface area contributed by atoms with E-state index in [2.05, 4.69) is 4.98 Å². The van der Waals surface area contributed by atoms with E-state index in [-0.39, 0.29) is 33.7 Å². The zero-order valence-corrected chi connectivity index (χ0v) is 22.5. The number of halogens is 5. The molecule has 2 heterocycles. The van der Waals surface area contributed by atoms with E-state index in [1.165, 1.54) is 37.4 Å². The molecular weight excluding hydrogens is 556 g/mol. The largest absolute Gasteiger partial charge is 0.277 e. The third-order valence-corrected chi connectivity index (χ3v) is 8.43. The second-order valence-corrected chi connectivity index (χ2v) is 12.0. The summed E-state index contributed by atoms with van der Waals surface area (Å²) < 4.78 is 83.8. The summed E-state index contributed by atoms with van der Waals surface area (Å²) in [6.07, 6.45) is 2.58. The van der Waals surface area contributed by atoms with E-state index in [1.54, 1.807) is 13.0 Å². The maximum Gasteiger partial charge on any atom is 0.274 e. The van der Waals surface area contributed by atoms with Crippen LogP contribution in [0.2, 0.25) is 5.02 Å². The van der Waals surface area contributed by atoms with E-state index in [0.29, 0.717) is 23.2 Å². The van der Waals surface area contributed by atoms with E-state index in [0.717, 1.165) is 23.0 Å². The number of pyridine rings is 2. The molecule has 202 valence electrons. The Kier molecular flexibility index (Phi) is 6.67. The minimum atomic E-state index is -3.94. The second-order valence-electron chi connectivity index (χ2n) is 9.65. The Morgan fingerprint density at radius 3 is 2.33 bits per heavy atom. The minimum Gasteiger partial charge on any atom is -0.277 e. The monoisotopic (exact) mass is 576 g/mol. The van der Waals surface area contributed by atoms with Gasteiger partial charge in [-0.25, -0.2) is 26.0 Å². The highest BCUT2D eigenvalue weighted by molar-refractivity contribution is 7.90. The van der Waals surface area contributed by atoms with Crippen molar-refractivity contribution in [2.75, 3.05) is 6.26 Å². The van der Waals surface area contributed by atoms with Gasteiger partial charge in [-0.3, -0.25) is 14.3 Å². The SMILES string of the molecule is Cc1cnc(-c2cccc(S(C)(=O)=O)c2F)c(F)c1-n1c(C)cc([C@@H]2CC2c2ccc(F)cc2F)c(Cl)c1=O. The van der Waals surface area contributed by atoms with Crippen LogP contribution in [0.4, 0.5) is 17.6 Å². The Hall–Kier alpha value is -3.50. The van der Waals surface area contributed by atoms with Crippen LogP contribution in [0.5, 0.6) is 0 Å². The number of aryl methyl sites for hydroxylation is 2.